The van der Waals surface area contributed by atoms with Crippen molar-refractivity contribution in [1.82, 2.24) is 19.1 Å². The highest BCUT2D eigenvalue weighted by Crippen LogP contribution is 2.33. The first-order valence-electron chi connectivity index (χ1n) is 8.31. The molecule has 0 aliphatic carbocycles. The number of nitrogens with zero attached hydrogens (tertiary/aromatic N) is 5. The zero-order valence-electron chi connectivity index (χ0n) is 14.4. The molecule has 0 atom stereocenters. The average Bonchev–Trinajstić information content (AvgIpc) is 3.15. The van der Waals surface area contributed by atoms with Crippen molar-refractivity contribution in [3.8, 4) is 11.4 Å². The molecule has 4 aromatic rings. The van der Waals surface area contributed by atoms with Gasteiger partial charge in [0.25, 0.3) is 5.65 Å². The number of pyridine rings is 2. The number of fused-ring (bicyclic) bond motifs is 7. The largest absolute Gasteiger partial charge is 0.271 e. The lowest BCUT2D eigenvalue weighted by molar-refractivity contribution is -0.649. The average molecular weight is 279 g/mol. The van der Waals surface area contributed by atoms with Gasteiger partial charge >= 0.3 is 0 Å². The summed E-state index contributed by atoms with van der Waals surface area (Å²) in [5.74, 6) is 0.685. The Morgan fingerprint density at radius 1 is 1.19 bits per heavy atom. The Morgan fingerprint density at radius 3 is 2.95 bits per heavy atom. The van der Waals surface area contributed by atoms with Gasteiger partial charge in [-0.3, -0.25) is 9.55 Å². The number of aromatic nitrogens is 5. The Balaban J connectivity index is 2.05. The van der Waals surface area contributed by atoms with Crippen molar-refractivity contribution < 1.29 is 8.68 Å². The van der Waals surface area contributed by atoms with Crippen LogP contribution >= 0.6 is 0 Å². The zero-order chi connectivity index (χ0) is 16.6. The van der Waals surface area contributed by atoms with E-state index in [9.17, 15) is 0 Å². The summed E-state index contributed by atoms with van der Waals surface area (Å²) in [5, 5.41) is 0.846. The van der Waals surface area contributed by atoms with Gasteiger partial charge in [-0.1, -0.05) is 0 Å². The second-order valence-electron chi connectivity index (χ2n) is 5.35. The molecule has 5 rings (SSSR count). The van der Waals surface area contributed by atoms with Gasteiger partial charge in [0.1, 0.15) is 6.54 Å². The summed E-state index contributed by atoms with van der Waals surface area (Å²) >= 11 is 0. The molecule has 4 aromatic heterocycles. The Kier molecular flexibility index (Phi) is 1.42. The van der Waals surface area contributed by atoms with Gasteiger partial charge in [-0.25, -0.2) is 14.1 Å². The second-order valence-corrected chi connectivity index (χ2v) is 5.35. The van der Waals surface area contributed by atoms with Gasteiger partial charge in [-0.2, -0.15) is 0 Å². The first-order valence-corrected chi connectivity index (χ1v) is 6.81. The van der Waals surface area contributed by atoms with E-state index in [1.165, 1.54) is 4.57 Å². The van der Waals surface area contributed by atoms with Crippen LogP contribution in [0.3, 0.4) is 0 Å². The maximum atomic E-state index is 8.10. The third-order valence-electron chi connectivity index (χ3n) is 4.27. The van der Waals surface area contributed by atoms with Crippen LogP contribution in [-0.2, 0) is 20.6 Å². The summed E-state index contributed by atoms with van der Waals surface area (Å²) in [5.41, 5.74) is 4.10. The Morgan fingerprint density at radius 2 is 2.05 bits per heavy atom. The highest BCUT2D eigenvalue weighted by molar-refractivity contribution is 6.03. The molecule has 5 nitrogen and oxygen atoms in total. The van der Waals surface area contributed by atoms with Crippen LogP contribution in [0.2, 0.25) is 0 Å². The quantitative estimate of drug-likeness (QED) is 0.405. The van der Waals surface area contributed by atoms with E-state index in [0.29, 0.717) is 17.9 Å². The van der Waals surface area contributed by atoms with Crippen molar-refractivity contribution in [3.05, 3.63) is 42.4 Å². The molecule has 102 valence electrons. The molecule has 0 N–H and O–H groups in total. The van der Waals surface area contributed by atoms with Crippen molar-refractivity contribution in [2.45, 2.75) is 6.54 Å². The molecule has 21 heavy (non-hydrogen) atoms. The first kappa shape index (κ1) is 8.56. The van der Waals surface area contributed by atoms with Gasteiger partial charge in [-0.15, -0.1) is 0 Å². The normalized spacial score (nSPS) is 15.8. The van der Waals surface area contributed by atoms with E-state index in [4.69, 9.17) is 4.11 Å². The van der Waals surface area contributed by atoms with Crippen molar-refractivity contribution in [3.63, 3.8) is 0 Å². The van der Waals surface area contributed by atoms with Crippen LogP contribution in [0.1, 0.15) is 9.81 Å². The van der Waals surface area contributed by atoms with Crippen LogP contribution in [-0.4, -0.2) is 19.1 Å². The van der Waals surface area contributed by atoms with Gasteiger partial charge in [0.15, 0.2) is 5.52 Å². The summed E-state index contributed by atoms with van der Waals surface area (Å²) in [7, 11) is 1.92. The molecule has 0 fully saturated rings. The fourth-order valence-corrected chi connectivity index (χ4v) is 3.42. The van der Waals surface area contributed by atoms with E-state index >= 15 is 0 Å². The summed E-state index contributed by atoms with van der Waals surface area (Å²) in [6.45, 7) is -1.73. The Labute approximate surface area is 125 Å². The van der Waals surface area contributed by atoms with Crippen molar-refractivity contribution in [2.24, 2.45) is 14.0 Å². The molecule has 0 saturated heterocycles. The number of imidazole rings is 1. The monoisotopic (exact) mass is 279 g/mol. The molecule has 5 heteroatoms. The van der Waals surface area contributed by atoms with E-state index in [1.807, 2.05) is 40.4 Å². The van der Waals surface area contributed by atoms with Crippen LogP contribution in [0.25, 0.3) is 33.6 Å². The SMILES string of the molecule is [2H]C([2H])([2H])n1c2[n+](c3c1c1cccnc1n3C)Cc1ncccc1-2. The number of hydrogen-bond donors (Lipinski definition) is 0. The van der Waals surface area contributed by atoms with Crippen molar-refractivity contribution >= 4 is 22.2 Å². The standard InChI is InChI=1S/C16H14N5/c1-19-13-11-6-4-8-18-14(11)20(2)16(13)21-9-12-10(15(19)21)5-3-7-17-12/h3-8H,9H2,1-2H3/q+1/i1D3. The molecule has 1 aliphatic rings. The van der Waals surface area contributed by atoms with Gasteiger partial charge in [0.05, 0.1) is 34.8 Å². The van der Waals surface area contributed by atoms with E-state index in [-0.39, 0.29) is 0 Å². The van der Waals surface area contributed by atoms with Gasteiger partial charge in [0, 0.05) is 12.4 Å². The molecule has 0 aromatic carbocycles. The van der Waals surface area contributed by atoms with Crippen LogP contribution in [0.4, 0.5) is 0 Å². The minimum absolute atomic E-state index is 0.565. The fourth-order valence-electron chi connectivity index (χ4n) is 3.42. The van der Waals surface area contributed by atoms with Gasteiger partial charge in [0.2, 0.25) is 11.5 Å². The van der Waals surface area contributed by atoms with Crippen LogP contribution in [0.5, 0.6) is 0 Å². The topological polar surface area (TPSA) is 39.5 Å². The predicted octanol–water partition coefficient (Wildman–Crippen LogP) is 1.78. The maximum Gasteiger partial charge on any atom is 0.271 e. The third kappa shape index (κ3) is 1.15. The predicted molar refractivity (Wildman–Crippen MR) is 79.7 cm³/mol. The summed E-state index contributed by atoms with van der Waals surface area (Å²) in [4.78, 5) is 8.84. The second kappa shape index (κ2) is 3.49. The van der Waals surface area contributed by atoms with E-state index in [2.05, 4.69) is 9.97 Å². The van der Waals surface area contributed by atoms with Crippen molar-refractivity contribution in [1.29, 1.82) is 0 Å². The first-order chi connectivity index (χ1) is 11.5. The molecule has 0 saturated carbocycles. The highest BCUT2D eigenvalue weighted by Gasteiger charge is 2.35. The van der Waals surface area contributed by atoms with E-state index in [0.717, 1.165) is 27.9 Å². The lowest BCUT2D eigenvalue weighted by atomic mass is 10.2. The summed E-state index contributed by atoms with van der Waals surface area (Å²) < 4.78 is 29.7. The lowest BCUT2D eigenvalue weighted by Gasteiger charge is -1.97. The number of aryl methyl sites for hydroxylation is 2. The molecule has 1 aliphatic heterocycles. The lowest BCUT2D eigenvalue weighted by Crippen LogP contribution is -2.33. The molecule has 0 bridgehead atoms. The Hall–Kier alpha value is -2.69. The zero-order valence-corrected chi connectivity index (χ0v) is 11.4. The van der Waals surface area contributed by atoms with Crippen molar-refractivity contribution in [2.75, 3.05) is 0 Å². The van der Waals surface area contributed by atoms with Gasteiger partial charge in [-0.05, 0) is 24.3 Å². The summed E-state index contributed by atoms with van der Waals surface area (Å²) in [6.07, 6.45) is 3.47. The molecular weight excluding hydrogens is 262 g/mol. The van der Waals surface area contributed by atoms with Gasteiger partial charge < -0.3 is 0 Å². The molecular formula is C16H14N5+. The molecule has 0 amide bonds. The molecule has 0 radical (unpaired) electrons. The third-order valence-corrected chi connectivity index (χ3v) is 4.27. The molecule has 0 spiro atoms. The smallest absolute Gasteiger partial charge is 0.257 e. The maximum absolute atomic E-state index is 8.10. The minimum Gasteiger partial charge on any atom is -0.257 e. The highest BCUT2D eigenvalue weighted by atomic mass is 15.3. The summed E-state index contributed by atoms with van der Waals surface area (Å²) in [6, 6.07) is 7.54. The molecule has 5 heterocycles. The number of rotatable bonds is 0. The molecule has 0 unspecified atom stereocenters. The van der Waals surface area contributed by atoms with Crippen LogP contribution < -0.4 is 4.57 Å². The minimum atomic E-state index is -2.29. The fraction of sp³-hybridized carbons (Fsp3) is 0.188. The van der Waals surface area contributed by atoms with E-state index < -0.39 is 6.98 Å². The number of hydrogen-bond acceptors (Lipinski definition) is 2. The van der Waals surface area contributed by atoms with Crippen LogP contribution in [0, 0.1) is 0 Å². The Bertz CT molecular complexity index is 1140. The van der Waals surface area contributed by atoms with Crippen LogP contribution in [0.15, 0.2) is 36.7 Å². The van der Waals surface area contributed by atoms with E-state index in [1.54, 1.807) is 12.4 Å².